The maximum Gasteiger partial charge on any atom is 0.0375 e. The highest BCUT2D eigenvalue weighted by atomic mass is 32.2. The molecule has 1 aliphatic rings. The molecule has 2 rings (SSSR count). The van der Waals surface area contributed by atoms with Gasteiger partial charge in [0, 0.05) is 38.8 Å². The van der Waals surface area contributed by atoms with E-state index in [1.165, 1.54) is 29.7 Å². The van der Waals surface area contributed by atoms with Crippen molar-refractivity contribution in [2.24, 2.45) is 0 Å². The van der Waals surface area contributed by atoms with Crippen LogP contribution in [0.3, 0.4) is 0 Å². The number of aryl methyl sites for hydroxylation is 1. The molecule has 18 heavy (non-hydrogen) atoms. The van der Waals surface area contributed by atoms with E-state index in [-0.39, 0.29) is 4.75 Å². The summed E-state index contributed by atoms with van der Waals surface area (Å²) in [6, 6.07) is 2.73. The number of nitrogens with one attached hydrogen (secondary N) is 1. The van der Waals surface area contributed by atoms with Crippen molar-refractivity contribution in [3.05, 3.63) is 21.9 Å². The van der Waals surface area contributed by atoms with Crippen LogP contribution in [0.5, 0.6) is 0 Å². The van der Waals surface area contributed by atoms with E-state index in [2.05, 4.69) is 16.8 Å². The predicted molar refractivity (Wildman–Crippen MR) is 80.8 cm³/mol. The lowest BCUT2D eigenvalue weighted by Crippen LogP contribution is -2.32. The molecule has 102 valence electrons. The molecule has 0 aliphatic heterocycles. The summed E-state index contributed by atoms with van der Waals surface area (Å²) in [5, 5.41) is 5.77. The molecule has 0 unspecified atom stereocenters. The van der Waals surface area contributed by atoms with Crippen LogP contribution in [-0.2, 0) is 17.2 Å². The molecular formula is C14H23NOS2. The van der Waals surface area contributed by atoms with Gasteiger partial charge < -0.3 is 5.32 Å². The number of rotatable bonds is 4. The van der Waals surface area contributed by atoms with Crippen LogP contribution in [0, 0.1) is 0 Å². The van der Waals surface area contributed by atoms with Crippen LogP contribution >= 0.6 is 11.3 Å². The van der Waals surface area contributed by atoms with E-state index < -0.39 is 10.8 Å². The van der Waals surface area contributed by atoms with E-state index >= 15 is 0 Å². The Morgan fingerprint density at radius 3 is 3.00 bits per heavy atom. The normalized spacial score (nSPS) is 21.6. The molecule has 0 spiro atoms. The molecule has 1 N–H and O–H groups in total. The lowest BCUT2D eigenvalue weighted by atomic mass is 9.94. The van der Waals surface area contributed by atoms with E-state index in [0.717, 1.165) is 12.3 Å². The average molecular weight is 285 g/mol. The minimum atomic E-state index is -0.750. The van der Waals surface area contributed by atoms with Gasteiger partial charge in [0.15, 0.2) is 0 Å². The topological polar surface area (TPSA) is 29.1 Å². The Bertz CT molecular complexity index is 420. The Hall–Kier alpha value is -0.190. The van der Waals surface area contributed by atoms with E-state index in [1.807, 2.05) is 32.1 Å². The monoisotopic (exact) mass is 285 g/mol. The van der Waals surface area contributed by atoms with Gasteiger partial charge in [0.2, 0.25) is 0 Å². The first kappa shape index (κ1) is 14.2. The number of fused-ring (bicyclic) bond motifs is 1. The van der Waals surface area contributed by atoms with E-state index in [1.54, 1.807) is 0 Å². The fraction of sp³-hybridized carbons (Fsp3) is 0.714. The van der Waals surface area contributed by atoms with Gasteiger partial charge in [0.05, 0.1) is 0 Å². The molecule has 2 nitrogen and oxygen atoms in total. The molecule has 0 aromatic carbocycles. The van der Waals surface area contributed by atoms with Crippen molar-refractivity contribution in [2.45, 2.75) is 50.8 Å². The molecule has 0 bridgehead atoms. The lowest BCUT2D eigenvalue weighted by Gasteiger charge is -2.24. The first-order valence-corrected chi connectivity index (χ1v) is 8.86. The van der Waals surface area contributed by atoms with Crippen molar-refractivity contribution in [3.63, 3.8) is 0 Å². The van der Waals surface area contributed by atoms with Crippen LogP contribution in [0.25, 0.3) is 0 Å². The molecule has 1 aromatic heterocycles. The number of hydrogen-bond acceptors (Lipinski definition) is 3. The zero-order valence-electron chi connectivity index (χ0n) is 11.5. The second-order valence-corrected chi connectivity index (χ2v) is 9.18. The molecule has 0 amide bonds. The second kappa shape index (κ2) is 5.85. The first-order chi connectivity index (χ1) is 8.48. The third-order valence-electron chi connectivity index (χ3n) is 3.41. The third-order valence-corrected chi connectivity index (χ3v) is 6.35. The van der Waals surface area contributed by atoms with E-state index in [9.17, 15) is 4.21 Å². The summed E-state index contributed by atoms with van der Waals surface area (Å²) in [7, 11) is -0.750. The van der Waals surface area contributed by atoms with Gasteiger partial charge in [-0.05, 0) is 57.0 Å². The summed E-state index contributed by atoms with van der Waals surface area (Å²) in [6.45, 7) is 6.98. The van der Waals surface area contributed by atoms with Crippen molar-refractivity contribution < 1.29 is 4.21 Å². The molecule has 0 radical (unpaired) electrons. The van der Waals surface area contributed by atoms with Gasteiger partial charge in [-0.3, -0.25) is 4.21 Å². The Labute approximate surface area is 117 Å². The van der Waals surface area contributed by atoms with E-state index in [4.69, 9.17) is 0 Å². The SMILES string of the molecule is CC(C)(C)[S@@](=O)CCN[C@@H]1CCCc2sccc21. The van der Waals surface area contributed by atoms with Crippen molar-refractivity contribution in [1.82, 2.24) is 5.32 Å². The fourth-order valence-electron chi connectivity index (χ4n) is 2.33. The molecule has 1 aliphatic carbocycles. The van der Waals surface area contributed by atoms with Crippen LogP contribution in [0.4, 0.5) is 0 Å². The minimum absolute atomic E-state index is 0.0955. The van der Waals surface area contributed by atoms with Crippen LogP contribution < -0.4 is 5.32 Å². The zero-order chi connectivity index (χ0) is 13.2. The average Bonchev–Trinajstić information content (AvgIpc) is 2.76. The second-order valence-electron chi connectivity index (χ2n) is 5.86. The van der Waals surface area contributed by atoms with Gasteiger partial charge in [0.1, 0.15) is 0 Å². The summed E-state index contributed by atoms with van der Waals surface area (Å²) >= 11 is 1.87. The quantitative estimate of drug-likeness (QED) is 0.920. The molecule has 1 aromatic rings. The van der Waals surface area contributed by atoms with Gasteiger partial charge in [0.25, 0.3) is 0 Å². The highest BCUT2D eigenvalue weighted by Gasteiger charge is 2.22. The number of hydrogen-bond donors (Lipinski definition) is 1. The lowest BCUT2D eigenvalue weighted by molar-refractivity contribution is 0.476. The van der Waals surface area contributed by atoms with E-state index in [0.29, 0.717) is 6.04 Å². The maximum absolute atomic E-state index is 12.0. The summed E-state index contributed by atoms with van der Waals surface area (Å²) in [4.78, 5) is 1.54. The summed E-state index contributed by atoms with van der Waals surface area (Å²) < 4.78 is 11.9. The van der Waals surface area contributed by atoms with Gasteiger partial charge >= 0.3 is 0 Å². The number of thiophene rings is 1. The van der Waals surface area contributed by atoms with Crippen LogP contribution in [-0.4, -0.2) is 21.3 Å². The van der Waals surface area contributed by atoms with Gasteiger partial charge in [-0.1, -0.05) is 0 Å². The van der Waals surface area contributed by atoms with Crippen molar-refractivity contribution in [3.8, 4) is 0 Å². The first-order valence-electron chi connectivity index (χ1n) is 6.66. The maximum atomic E-state index is 12.0. The Morgan fingerprint density at radius 2 is 2.28 bits per heavy atom. The molecule has 0 saturated heterocycles. The molecule has 4 heteroatoms. The van der Waals surface area contributed by atoms with Crippen LogP contribution in [0.1, 0.15) is 50.1 Å². The van der Waals surface area contributed by atoms with Crippen molar-refractivity contribution in [2.75, 3.05) is 12.3 Å². The molecule has 1 heterocycles. The minimum Gasteiger partial charge on any atom is -0.309 e. The highest BCUT2D eigenvalue weighted by molar-refractivity contribution is 7.86. The van der Waals surface area contributed by atoms with Gasteiger partial charge in [-0.15, -0.1) is 11.3 Å². The Balaban J connectivity index is 1.84. The summed E-state index contributed by atoms with van der Waals surface area (Å²) in [5.74, 6) is 0.749. The zero-order valence-corrected chi connectivity index (χ0v) is 13.1. The van der Waals surface area contributed by atoms with Gasteiger partial charge in [-0.2, -0.15) is 0 Å². The highest BCUT2D eigenvalue weighted by Crippen LogP contribution is 2.33. The standard InChI is InChI=1S/C14H23NOS2/c1-14(2,3)18(16)10-8-15-12-5-4-6-13-11(12)7-9-17-13/h7,9,12,15H,4-6,8,10H2,1-3H3/t12-,18+/m1/s1. The smallest absolute Gasteiger partial charge is 0.0375 e. The van der Waals surface area contributed by atoms with Crippen LogP contribution in [0.15, 0.2) is 11.4 Å². The fourth-order valence-corrected chi connectivity index (χ4v) is 4.23. The van der Waals surface area contributed by atoms with Crippen molar-refractivity contribution in [1.29, 1.82) is 0 Å². The molecule has 0 fully saturated rings. The predicted octanol–water partition coefficient (Wildman–Crippen LogP) is 3.26. The van der Waals surface area contributed by atoms with Gasteiger partial charge in [-0.25, -0.2) is 0 Å². The molecule has 0 saturated carbocycles. The summed E-state index contributed by atoms with van der Waals surface area (Å²) in [6.07, 6.45) is 3.72. The third kappa shape index (κ3) is 3.43. The largest absolute Gasteiger partial charge is 0.309 e. The summed E-state index contributed by atoms with van der Waals surface area (Å²) in [5.41, 5.74) is 1.48. The van der Waals surface area contributed by atoms with Crippen LogP contribution in [0.2, 0.25) is 0 Å². The Kier molecular flexibility index (Phi) is 4.62. The van der Waals surface area contributed by atoms with Crippen molar-refractivity contribution >= 4 is 22.1 Å². The Morgan fingerprint density at radius 1 is 1.50 bits per heavy atom. The molecular weight excluding hydrogens is 262 g/mol. The molecule has 2 atom stereocenters.